The standard InChI is InChI=1S/C15H15N3O2/c1-11-3-4-13(20-11)6-8-18(2)15(19)14-9-12(10-16)5-7-17-14/h3-5,7,9H,6,8H2,1-2H3. The van der Waals surface area contributed by atoms with Gasteiger partial charge in [0, 0.05) is 26.2 Å². The van der Waals surface area contributed by atoms with Gasteiger partial charge in [-0.2, -0.15) is 5.26 Å². The molecule has 0 aliphatic carbocycles. The molecular formula is C15H15N3O2. The van der Waals surface area contributed by atoms with Gasteiger partial charge >= 0.3 is 0 Å². The third kappa shape index (κ3) is 3.23. The van der Waals surface area contributed by atoms with Gasteiger partial charge in [0.1, 0.15) is 17.2 Å². The summed E-state index contributed by atoms with van der Waals surface area (Å²) in [6.45, 7) is 2.42. The largest absolute Gasteiger partial charge is 0.466 e. The Morgan fingerprint density at radius 1 is 1.45 bits per heavy atom. The first-order chi connectivity index (χ1) is 9.60. The lowest BCUT2D eigenvalue weighted by atomic mass is 10.2. The summed E-state index contributed by atoms with van der Waals surface area (Å²) in [4.78, 5) is 17.7. The summed E-state index contributed by atoms with van der Waals surface area (Å²) >= 11 is 0. The lowest BCUT2D eigenvalue weighted by Crippen LogP contribution is -2.29. The molecule has 20 heavy (non-hydrogen) atoms. The topological polar surface area (TPSA) is 70.1 Å². The van der Waals surface area contributed by atoms with Crippen LogP contribution in [0.2, 0.25) is 0 Å². The number of likely N-dealkylation sites (N-methyl/N-ethyl adjacent to an activating group) is 1. The van der Waals surface area contributed by atoms with E-state index in [0.29, 0.717) is 18.5 Å². The fourth-order valence-electron chi connectivity index (χ4n) is 1.81. The van der Waals surface area contributed by atoms with Gasteiger partial charge in [0.2, 0.25) is 0 Å². The van der Waals surface area contributed by atoms with Crippen molar-refractivity contribution in [2.45, 2.75) is 13.3 Å². The number of aryl methyl sites for hydroxylation is 1. The van der Waals surface area contributed by atoms with Crippen LogP contribution in [0.4, 0.5) is 0 Å². The second-order valence-electron chi connectivity index (χ2n) is 4.53. The molecule has 0 fully saturated rings. The van der Waals surface area contributed by atoms with Crippen molar-refractivity contribution in [2.75, 3.05) is 13.6 Å². The summed E-state index contributed by atoms with van der Waals surface area (Å²) in [5.41, 5.74) is 0.709. The first kappa shape index (κ1) is 13.8. The van der Waals surface area contributed by atoms with E-state index in [1.807, 2.05) is 25.1 Å². The first-order valence-corrected chi connectivity index (χ1v) is 6.27. The minimum absolute atomic E-state index is 0.203. The van der Waals surface area contributed by atoms with Gasteiger partial charge in [-0.3, -0.25) is 9.78 Å². The number of pyridine rings is 1. The maximum atomic E-state index is 12.2. The molecule has 2 aromatic heterocycles. The average molecular weight is 269 g/mol. The van der Waals surface area contributed by atoms with Crippen LogP contribution in [0.3, 0.4) is 0 Å². The number of aromatic nitrogens is 1. The van der Waals surface area contributed by atoms with Crippen molar-refractivity contribution in [3.63, 3.8) is 0 Å². The van der Waals surface area contributed by atoms with Crippen LogP contribution >= 0.6 is 0 Å². The second kappa shape index (κ2) is 6.02. The van der Waals surface area contributed by atoms with Gasteiger partial charge in [0.25, 0.3) is 5.91 Å². The Morgan fingerprint density at radius 2 is 2.25 bits per heavy atom. The molecule has 5 nitrogen and oxygen atoms in total. The van der Waals surface area contributed by atoms with Crippen LogP contribution in [-0.2, 0) is 6.42 Å². The van der Waals surface area contributed by atoms with E-state index < -0.39 is 0 Å². The van der Waals surface area contributed by atoms with E-state index in [4.69, 9.17) is 9.68 Å². The Kier molecular flexibility index (Phi) is 4.16. The summed E-state index contributed by atoms with van der Waals surface area (Å²) in [6.07, 6.45) is 2.11. The number of nitrogens with zero attached hydrogens (tertiary/aromatic N) is 3. The number of nitriles is 1. The van der Waals surface area contributed by atoms with Crippen LogP contribution in [0.5, 0.6) is 0 Å². The van der Waals surface area contributed by atoms with Gasteiger partial charge < -0.3 is 9.32 Å². The maximum absolute atomic E-state index is 12.2. The molecule has 2 aromatic rings. The highest BCUT2D eigenvalue weighted by molar-refractivity contribution is 5.92. The van der Waals surface area contributed by atoms with Crippen molar-refractivity contribution >= 4 is 5.91 Å². The van der Waals surface area contributed by atoms with E-state index in [9.17, 15) is 4.79 Å². The summed E-state index contributed by atoms with van der Waals surface area (Å²) in [5, 5.41) is 8.82. The number of hydrogen-bond acceptors (Lipinski definition) is 4. The molecule has 0 saturated carbocycles. The van der Waals surface area contributed by atoms with Crippen molar-refractivity contribution in [3.8, 4) is 6.07 Å². The fraction of sp³-hybridized carbons (Fsp3) is 0.267. The fourth-order valence-corrected chi connectivity index (χ4v) is 1.81. The molecule has 2 heterocycles. The number of carbonyl (C=O) groups is 1. The molecule has 102 valence electrons. The van der Waals surface area contributed by atoms with E-state index in [1.165, 1.54) is 12.3 Å². The van der Waals surface area contributed by atoms with Crippen LogP contribution in [-0.4, -0.2) is 29.4 Å². The van der Waals surface area contributed by atoms with E-state index in [2.05, 4.69) is 4.98 Å². The zero-order valence-electron chi connectivity index (χ0n) is 11.5. The van der Waals surface area contributed by atoms with Crippen molar-refractivity contribution in [3.05, 3.63) is 53.2 Å². The predicted octanol–water partition coefficient (Wildman–Crippen LogP) is 2.17. The molecule has 0 aliphatic rings. The van der Waals surface area contributed by atoms with Crippen LogP contribution in [0.15, 0.2) is 34.9 Å². The molecule has 0 N–H and O–H groups in total. The molecule has 0 saturated heterocycles. The highest BCUT2D eigenvalue weighted by atomic mass is 16.3. The van der Waals surface area contributed by atoms with E-state index in [0.717, 1.165) is 11.5 Å². The van der Waals surface area contributed by atoms with E-state index in [1.54, 1.807) is 18.0 Å². The monoisotopic (exact) mass is 269 g/mol. The predicted molar refractivity (Wildman–Crippen MR) is 73.1 cm³/mol. The second-order valence-corrected chi connectivity index (χ2v) is 4.53. The zero-order chi connectivity index (χ0) is 14.5. The molecule has 0 bridgehead atoms. The summed E-state index contributed by atoms with van der Waals surface area (Å²) in [5.74, 6) is 1.50. The maximum Gasteiger partial charge on any atom is 0.272 e. The zero-order valence-corrected chi connectivity index (χ0v) is 11.5. The van der Waals surface area contributed by atoms with Gasteiger partial charge in [0.05, 0.1) is 11.6 Å². The molecule has 5 heteroatoms. The molecule has 2 rings (SSSR count). The van der Waals surface area contributed by atoms with Crippen molar-refractivity contribution < 1.29 is 9.21 Å². The van der Waals surface area contributed by atoms with Crippen LogP contribution in [0.1, 0.15) is 27.6 Å². The van der Waals surface area contributed by atoms with Crippen LogP contribution < -0.4 is 0 Å². The third-order valence-corrected chi connectivity index (χ3v) is 2.94. The van der Waals surface area contributed by atoms with Gasteiger partial charge in [-0.1, -0.05) is 0 Å². The molecule has 1 amide bonds. The van der Waals surface area contributed by atoms with Crippen molar-refractivity contribution in [2.24, 2.45) is 0 Å². The normalized spacial score (nSPS) is 10.1. The van der Waals surface area contributed by atoms with Crippen molar-refractivity contribution in [1.29, 1.82) is 5.26 Å². The average Bonchev–Trinajstić information content (AvgIpc) is 2.89. The summed E-state index contributed by atoms with van der Waals surface area (Å²) in [6, 6.07) is 8.87. The number of rotatable bonds is 4. The molecular weight excluding hydrogens is 254 g/mol. The summed E-state index contributed by atoms with van der Waals surface area (Å²) in [7, 11) is 1.71. The van der Waals surface area contributed by atoms with Crippen LogP contribution in [0, 0.1) is 18.3 Å². The number of hydrogen-bond donors (Lipinski definition) is 0. The van der Waals surface area contributed by atoms with Crippen molar-refractivity contribution in [1.82, 2.24) is 9.88 Å². The van der Waals surface area contributed by atoms with E-state index in [-0.39, 0.29) is 11.6 Å². The number of carbonyl (C=O) groups excluding carboxylic acids is 1. The SMILES string of the molecule is Cc1ccc(CCN(C)C(=O)c2cc(C#N)ccn2)o1. The Balaban J connectivity index is 1.99. The molecule has 0 aliphatic heterocycles. The molecule has 0 unspecified atom stereocenters. The Labute approximate surface area is 117 Å². The number of furan rings is 1. The minimum atomic E-state index is -0.203. The molecule has 0 spiro atoms. The van der Waals surface area contributed by atoms with Gasteiger partial charge in [-0.25, -0.2) is 0 Å². The molecule has 0 aromatic carbocycles. The highest BCUT2D eigenvalue weighted by Gasteiger charge is 2.14. The Bertz CT molecular complexity index is 655. The summed E-state index contributed by atoms with van der Waals surface area (Å²) < 4.78 is 5.46. The Hall–Kier alpha value is -2.61. The number of amides is 1. The minimum Gasteiger partial charge on any atom is -0.466 e. The molecule has 0 atom stereocenters. The Morgan fingerprint density at radius 3 is 2.90 bits per heavy atom. The third-order valence-electron chi connectivity index (χ3n) is 2.94. The first-order valence-electron chi connectivity index (χ1n) is 6.27. The smallest absolute Gasteiger partial charge is 0.272 e. The van der Waals surface area contributed by atoms with E-state index >= 15 is 0 Å². The van der Waals surface area contributed by atoms with Gasteiger partial charge in [-0.15, -0.1) is 0 Å². The lowest BCUT2D eigenvalue weighted by Gasteiger charge is -2.15. The van der Waals surface area contributed by atoms with Gasteiger partial charge in [-0.05, 0) is 31.2 Å². The molecule has 0 radical (unpaired) electrons. The van der Waals surface area contributed by atoms with Gasteiger partial charge in [0.15, 0.2) is 0 Å². The quantitative estimate of drug-likeness (QED) is 0.852. The van der Waals surface area contributed by atoms with Crippen LogP contribution in [0.25, 0.3) is 0 Å². The highest BCUT2D eigenvalue weighted by Crippen LogP contribution is 2.09. The lowest BCUT2D eigenvalue weighted by molar-refractivity contribution is 0.0789.